The Morgan fingerprint density at radius 3 is 2.36 bits per heavy atom. The third-order valence-electron chi connectivity index (χ3n) is 4.31. The number of hydrogen-bond acceptors (Lipinski definition) is 5. The number of carboxylic acids is 1. The molecule has 2 fully saturated rings. The van der Waals surface area contributed by atoms with Crippen LogP contribution in [0.3, 0.4) is 0 Å². The summed E-state index contributed by atoms with van der Waals surface area (Å²) in [6.45, 7) is 1.06. The van der Waals surface area contributed by atoms with Gasteiger partial charge in [0.2, 0.25) is 15.9 Å². The molecule has 0 aromatic carbocycles. The van der Waals surface area contributed by atoms with Crippen LogP contribution in [0.4, 0.5) is 0 Å². The van der Waals surface area contributed by atoms with E-state index in [1.165, 1.54) is 4.31 Å². The number of nitrogens with zero attached hydrogens (tertiary/aromatic N) is 1. The van der Waals surface area contributed by atoms with Crippen LogP contribution >= 0.6 is 11.8 Å². The zero-order valence-electron chi connectivity index (χ0n) is 12.4. The molecule has 2 aliphatic rings. The summed E-state index contributed by atoms with van der Waals surface area (Å²) in [5.41, 5.74) is -0.937. The van der Waals surface area contributed by atoms with Crippen LogP contribution in [0.1, 0.15) is 25.7 Å². The van der Waals surface area contributed by atoms with E-state index in [0.717, 1.165) is 17.9 Å². The molecule has 7 nitrogen and oxygen atoms in total. The molecule has 0 spiro atoms. The van der Waals surface area contributed by atoms with Crippen LogP contribution in [0.5, 0.6) is 0 Å². The zero-order chi connectivity index (χ0) is 16.2. The topological polar surface area (TPSA) is 104 Å². The predicted molar refractivity (Wildman–Crippen MR) is 84.2 cm³/mol. The molecule has 1 saturated heterocycles. The van der Waals surface area contributed by atoms with E-state index < -0.39 is 21.4 Å². The summed E-state index contributed by atoms with van der Waals surface area (Å²) in [7, 11) is -3.34. The number of nitrogens with one attached hydrogen (secondary N) is 1. The molecule has 1 saturated carbocycles. The number of thioether (sulfide) groups is 1. The van der Waals surface area contributed by atoms with Gasteiger partial charge in [-0.3, -0.25) is 9.59 Å². The minimum Gasteiger partial charge on any atom is -0.481 e. The normalized spacial score (nSPS) is 21.8. The number of carboxylic acid groups (broad SMARTS) is 1. The monoisotopic (exact) mass is 350 g/mol. The van der Waals surface area contributed by atoms with Crippen molar-refractivity contribution in [3.05, 3.63) is 0 Å². The second-order valence-corrected chi connectivity index (χ2v) is 9.11. The molecule has 1 amide bonds. The zero-order valence-corrected chi connectivity index (χ0v) is 14.0. The van der Waals surface area contributed by atoms with Crippen molar-refractivity contribution in [3.8, 4) is 0 Å². The van der Waals surface area contributed by atoms with Gasteiger partial charge < -0.3 is 10.4 Å². The van der Waals surface area contributed by atoms with Gasteiger partial charge in [-0.2, -0.15) is 11.8 Å². The lowest BCUT2D eigenvalue weighted by Gasteiger charge is -2.36. The molecule has 0 aromatic rings. The average Bonchev–Trinajstić information content (AvgIpc) is 2.43. The second kappa shape index (κ2) is 7.18. The van der Waals surface area contributed by atoms with Crippen molar-refractivity contribution in [1.29, 1.82) is 0 Å². The molecular weight excluding hydrogens is 328 g/mol. The number of hydrogen-bond donors (Lipinski definition) is 2. The van der Waals surface area contributed by atoms with E-state index in [0.29, 0.717) is 25.9 Å². The smallest absolute Gasteiger partial charge is 0.310 e. The van der Waals surface area contributed by atoms with Crippen LogP contribution < -0.4 is 5.32 Å². The maximum Gasteiger partial charge on any atom is 0.310 e. The number of amides is 1. The van der Waals surface area contributed by atoms with Gasteiger partial charge in [0.15, 0.2) is 0 Å². The molecule has 0 aromatic heterocycles. The highest BCUT2D eigenvalue weighted by Gasteiger charge is 2.45. The van der Waals surface area contributed by atoms with Gasteiger partial charge in [-0.1, -0.05) is 6.42 Å². The largest absolute Gasteiger partial charge is 0.481 e. The lowest BCUT2D eigenvalue weighted by atomic mass is 9.66. The van der Waals surface area contributed by atoms with Crippen LogP contribution in [0.2, 0.25) is 0 Å². The molecule has 0 atom stereocenters. The van der Waals surface area contributed by atoms with Crippen molar-refractivity contribution in [2.24, 2.45) is 5.41 Å². The number of rotatable bonds is 7. The third kappa shape index (κ3) is 4.14. The Morgan fingerprint density at radius 1 is 1.23 bits per heavy atom. The second-order valence-electron chi connectivity index (χ2n) is 5.79. The Morgan fingerprint density at radius 2 is 1.86 bits per heavy atom. The summed E-state index contributed by atoms with van der Waals surface area (Å²) in [5, 5.41) is 11.7. The SMILES string of the molecule is O=C(CC1(C(=O)O)CCC1)NCCS(=O)(=O)N1CCSCC1. The molecule has 1 heterocycles. The van der Waals surface area contributed by atoms with Gasteiger partial charge >= 0.3 is 5.97 Å². The highest BCUT2D eigenvalue weighted by molar-refractivity contribution is 7.99. The van der Waals surface area contributed by atoms with E-state index in [2.05, 4.69) is 5.32 Å². The Hall–Kier alpha value is -0.800. The summed E-state index contributed by atoms with van der Waals surface area (Å²) in [5.74, 6) is 0.141. The molecule has 0 bridgehead atoms. The number of carbonyl (C=O) groups is 2. The molecule has 1 aliphatic carbocycles. The fourth-order valence-corrected chi connectivity index (χ4v) is 5.20. The van der Waals surface area contributed by atoms with Gasteiger partial charge in [0.1, 0.15) is 0 Å². The van der Waals surface area contributed by atoms with E-state index >= 15 is 0 Å². The van der Waals surface area contributed by atoms with E-state index in [1.54, 1.807) is 11.8 Å². The first-order chi connectivity index (χ1) is 10.4. The Kier molecular flexibility index (Phi) is 5.73. The lowest BCUT2D eigenvalue weighted by molar-refractivity contribution is -0.157. The fourth-order valence-electron chi connectivity index (χ4n) is 2.71. The Bertz CT molecular complexity index is 525. The van der Waals surface area contributed by atoms with Gasteiger partial charge in [-0.25, -0.2) is 12.7 Å². The molecule has 126 valence electrons. The lowest BCUT2D eigenvalue weighted by Crippen LogP contribution is -2.44. The quantitative estimate of drug-likeness (QED) is 0.676. The van der Waals surface area contributed by atoms with Gasteiger partial charge in [-0.15, -0.1) is 0 Å². The molecule has 22 heavy (non-hydrogen) atoms. The Balaban J connectivity index is 1.75. The standard InChI is InChI=1S/C13H22N2O5S2/c16-11(10-13(12(17)18)2-1-3-13)14-4-9-22(19,20)15-5-7-21-8-6-15/h1-10H2,(H,14,16)(H,17,18). The summed E-state index contributed by atoms with van der Waals surface area (Å²) < 4.78 is 25.7. The molecule has 2 rings (SSSR count). The molecule has 0 radical (unpaired) electrons. The Labute approximate surface area is 134 Å². The average molecular weight is 350 g/mol. The van der Waals surface area contributed by atoms with Gasteiger partial charge in [0.25, 0.3) is 0 Å². The number of sulfonamides is 1. The minimum atomic E-state index is -3.34. The first kappa shape index (κ1) is 17.6. The summed E-state index contributed by atoms with van der Waals surface area (Å²) in [6.07, 6.45) is 1.78. The highest BCUT2D eigenvalue weighted by Crippen LogP contribution is 2.44. The van der Waals surface area contributed by atoms with Crippen molar-refractivity contribution in [2.45, 2.75) is 25.7 Å². The molecule has 0 unspecified atom stereocenters. The number of aliphatic carboxylic acids is 1. The number of carbonyl (C=O) groups excluding carboxylic acids is 1. The van der Waals surface area contributed by atoms with Crippen molar-refractivity contribution in [2.75, 3.05) is 36.9 Å². The predicted octanol–water partition coefficient (Wildman–Crippen LogP) is 0.126. The minimum absolute atomic E-state index is 0.0283. The third-order valence-corrected chi connectivity index (χ3v) is 7.12. The van der Waals surface area contributed by atoms with E-state index in [9.17, 15) is 23.1 Å². The molecular formula is C13H22N2O5S2. The van der Waals surface area contributed by atoms with Gasteiger partial charge in [0.05, 0.1) is 11.2 Å². The van der Waals surface area contributed by atoms with Crippen molar-refractivity contribution in [1.82, 2.24) is 9.62 Å². The van der Waals surface area contributed by atoms with Crippen molar-refractivity contribution < 1.29 is 23.1 Å². The van der Waals surface area contributed by atoms with E-state index in [1.807, 2.05) is 0 Å². The van der Waals surface area contributed by atoms with Gasteiger partial charge in [-0.05, 0) is 12.8 Å². The van der Waals surface area contributed by atoms with Crippen LogP contribution in [-0.2, 0) is 19.6 Å². The van der Waals surface area contributed by atoms with E-state index in [-0.39, 0.29) is 24.6 Å². The molecule has 9 heteroatoms. The highest BCUT2D eigenvalue weighted by atomic mass is 32.2. The van der Waals surface area contributed by atoms with Crippen LogP contribution in [0, 0.1) is 5.41 Å². The summed E-state index contributed by atoms with van der Waals surface area (Å²) in [4.78, 5) is 23.0. The summed E-state index contributed by atoms with van der Waals surface area (Å²) in [6, 6.07) is 0. The van der Waals surface area contributed by atoms with Crippen molar-refractivity contribution >= 4 is 33.7 Å². The summed E-state index contributed by atoms with van der Waals surface area (Å²) >= 11 is 1.73. The van der Waals surface area contributed by atoms with Gasteiger partial charge in [0, 0.05) is 37.6 Å². The molecule has 1 aliphatic heterocycles. The van der Waals surface area contributed by atoms with E-state index in [4.69, 9.17) is 0 Å². The molecule has 2 N–H and O–H groups in total. The maximum atomic E-state index is 12.1. The fraction of sp³-hybridized carbons (Fsp3) is 0.846. The van der Waals surface area contributed by atoms with Crippen LogP contribution in [0.25, 0.3) is 0 Å². The van der Waals surface area contributed by atoms with Crippen molar-refractivity contribution in [3.63, 3.8) is 0 Å². The first-order valence-corrected chi connectivity index (χ1v) is 10.2. The van der Waals surface area contributed by atoms with Crippen LogP contribution in [0.15, 0.2) is 0 Å². The van der Waals surface area contributed by atoms with Crippen LogP contribution in [-0.4, -0.2) is 66.6 Å². The first-order valence-electron chi connectivity index (χ1n) is 7.41. The maximum absolute atomic E-state index is 12.1.